The molecule has 1 aromatic carbocycles. The summed E-state index contributed by atoms with van der Waals surface area (Å²) >= 11 is 1.16. The largest absolute Gasteiger partial charge is 0.375 e. The summed E-state index contributed by atoms with van der Waals surface area (Å²) in [5.74, 6) is -0.890. The van der Waals surface area contributed by atoms with E-state index in [1.54, 1.807) is 4.90 Å². The zero-order chi connectivity index (χ0) is 17.8. The number of aromatic nitrogens is 2. The highest BCUT2D eigenvalue weighted by Crippen LogP contribution is 2.33. The van der Waals surface area contributed by atoms with Crippen LogP contribution in [0.3, 0.4) is 0 Å². The molecule has 9 heteroatoms. The number of methoxy groups -OCH3 is 1. The lowest BCUT2D eigenvalue weighted by atomic mass is 10.2. The lowest BCUT2D eigenvalue weighted by Gasteiger charge is -2.22. The first-order valence-corrected chi connectivity index (χ1v) is 8.59. The molecule has 1 aliphatic heterocycles. The van der Waals surface area contributed by atoms with E-state index in [2.05, 4.69) is 15.5 Å². The molecule has 2 aromatic rings. The maximum atomic E-state index is 12.9. The maximum absolute atomic E-state index is 12.9. The van der Waals surface area contributed by atoms with Crippen molar-refractivity contribution < 1.29 is 18.7 Å². The molecule has 0 spiro atoms. The predicted molar refractivity (Wildman–Crippen MR) is 89.8 cm³/mol. The lowest BCUT2D eigenvalue weighted by Crippen LogP contribution is -2.33. The summed E-state index contributed by atoms with van der Waals surface area (Å²) in [4.78, 5) is 26.0. The second-order valence-corrected chi connectivity index (χ2v) is 6.59. The van der Waals surface area contributed by atoms with Gasteiger partial charge in [0.05, 0.1) is 6.04 Å². The normalized spacial score (nSPS) is 16.9. The highest BCUT2D eigenvalue weighted by molar-refractivity contribution is 7.13. The van der Waals surface area contributed by atoms with Gasteiger partial charge in [-0.25, -0.2) is 4.39 Å². The number of carbonyl (C=O) groups excluding carboxylic acids is 2. The van der Waals surface area contributed by atoms with Crippen molar-refractivity contribution in [1.29, 1.82) is 0 Å². The molecule has 0 radical (unpaired) electrons. The van der Waals surface area contributed by atoms with Crippen LogP contribution < -0.4 is 5.32 Å². The van der Waals surface area contributed by atoms with Crippen molar-refractivity contribution in [3.05, 3.63) is 40.1 Å². The molecule has 1 atom stereocenters. The number of rotatable bonds is 5. The van der Waals surface area contributed by atoms with Crippen LogP contribution in [0.15, 0.2) is 24.3 Å². The summed E-state index contributed by atoms with van der Waals surface area (Å²) in [7, 11) is 1.48. The van der Waals surface area contributed by atoms with Gasteiger partial charge in [-0.3, -0.25) is 9.59 Å². The molecular weight excluding hydrogens is 347 g/mol. The maximum Gasteiger partial charge on any atom is 0.286 e. The van der Waals surface area contributed by atoms with Crippen LogP contribution in [0, 0.1) is 5.82 Å². The predicted octanol–water partition coefficient (Wildman–Crippen LogP) is 2.24. The quantitative estimate of drug-likeness (QED) is 0.880. The number of hydrogen-bond acceptors (Lipinski definition) is 6. The second-order valence-electron chi connectivity index (χ2n) is 5.58. The van der Waals surface area contributed by atoms with Crippen molar-refractivity contribution >= 4 is 28.8 Å². The number of carbonyl (C=O) groups is 2. The van der Waals surface area contributed by atoms with Crippen LogP contribution in [0.5, 0.6) is 0 Å². The van der Waals surface area contributed by atoms with Crippen molar-refractivity contribution in [2.24, 2.45) is 0 Å². The number of halogens is 1. The highest BCUT2D eigenvalue weighted by atomic mass is 32.1. The Hall–Kier alpha value is -2.39. The minimum Gasteiger partial charge on any atom is -0.375 e. The second kappa shape index (κ2) is 7.66. The lowest BCUT2D eigenvalue weighted by molar-refractivity contribution is -0.136. The molecule has 7 nitrogen and oxygen atoms in total. The molecule has 2 heterocycles. The summed E-state index contributed by atoms with van der Waals surface area (Å²) in [5.41, 5.74) is 0.473. The van der Waals surface area contributed by atoms with Gasteiger partial charge in [-0.1, -0.05) is 11.3 Å². The summed E-state index contributed by atoms with van der Waals surface area (Å²) in [6, 6.07) is 5.29. The van der Waals surface area contributed by atoms with Gasteiger partial charge in [0.15, 0.2) is 0 Å². The van der Waals surface area contributed by atoms with E-state index in [4.69, 9.17) is 4.74 Å². The number of nitrogens with zero attached hydrogens (tertiary/aromatic N) is 3. The van der Waals surface area contributed by atoms with E-state index in [-0.39, 0.29) is 29.4 Å². The number of ether oxygens (including phenoxy) is 1. The summed E-state index contributed by atoms with van der Waals surface area (Å²) in [6.45, 7) is 0.663. The Balaban J connectivity index is 1.70. The highest BCUT2D eigenvalue weighted by Gasteiger charge is 2.32. The molecule has 1 N–H and O–H groups in total. The average Bonchev–Trinajstić information content (AvgIpc) is 3.26. The van der Waals surface area contributed by atoms with E-state index < -0.39 is 5.91 Å². The van der Waals surface area contributed by atoms with Gasteiger partial charge in [0.2, 0.25) is 10.9 Å². The van der Waals surface area contributed by atoms with Gasteiger partial charge in [0, 0.05) is 19.3 Å². The number of hydrogen-bond donors (Lipinski definition) is 1. The van der Waals surface area contributed by atoms with Crippen LogP contribution in [-0.4, -0.2) is 47.2 Å². The molecule has 3 rings (SSSR count). The zero-order valence-corrected chi connectivity index (χ0v) is 14.4. The van der Waals surface area contributed by atoms with E-state index in [9.17, 15) is 14.0 Å². The third kappa shape index (κ3) is 3.99. The first-order valence-electron chi connectivity index (χ1n) is 7.77. The van der Waals surface area contributed by atoms with Gasteiger partial charge in [-0.15, -0.1) is 10.2 Å². The topological polar surface area (TPSA) is 84.4 Å². The first-order chi connectivity index (χ1) is 12.1. The molecule has 1 unspecified atom stereocenters. The molecule has 1 fully saturated rings. The molecule has 2 amide bonds. The van der Waals surface area contributed by atoms with Gasteiger partial charge < -0.3 is 15.0 Å². The van der Waals surface area contributed by atoms with Crippen LogP contribution >= 0.6 is 11.3 Å². The molecule has 0 aliphatic carbocycles. The third-order valence-corrected chi connectivity index (χ3v) is 4.89. The number of amides is 2. The van der Waals surface area contributed by atoms with E-state index in [1.165, 1.54) is 31.4 Å². The van der Waals surface area contributed by atoms with Crippen LogP contribution in [0.1, 0.15) is 33.7 Å². The van der Waals surface area contributed by atoms with E-state index in [0.717, 1.165) is 24.2 Å². The third-order valence-electron chi connectivity index (χ3n) is 3.86. The van der Waals surface area contributed by atoms with Crippen LogP contribution in [0.2, 0.25) is 0 Å². The Kier molecular flexibility index (Phi) is 5.34. The smallest absolute Gasteiger partial charge is 0.286 e. The molecule has 1 aromatic heterocycles. The SMILES string of the molecule is COCC(=O)N1CCCC1c1nnc(C(=O)Nc2ccc(F)cc2)s1. The zero-order valence-electron chi connectivity index (χ0n) is 13.6. The molecular formula is C16H17FN4O3S. The standard InChI is InChI=1S/C16H17FN4O3S/c1-24-9-13(22)21-8-2-3-12(21)15-19-20-16(25-15)14(23)18-11-6-4-10(17)5-7-11/h4-7,12H,2-3,8-9H2,1H3,(H,18,23). The number of likely N-dealkylation sites (tertiary alicyclic amines) is 1. The van der Waals surface area contributed by atoms with Crippen molar-refractivity contribution in [3.8, 4) is 0 Å². The van der Waals surface area contributed by atoms with Crippen molar-refractivity contribution in [1.82, 2.24) is 15.1 Å². The molecule has 25 heavy (non-hydrogen) atoms. The van der Waals surface area contributed by atoms with E-state index in [1.807, 2.05) is 0 Å². The van der Waals surface area contributed by atoms with Gasteiger partial charge in [-0.05, 0) is 37.1 Å². The van der Waals surface area contributed by atoms with Crippen LogP contribution in [0.4, 0.5) is 10.1 Å². The molecule has 1 saturated heterocycles. The van der Waals surface area contributed by atoms with Crippen LogP contribution in [0.25, 0.3) is 0 Å². The summed E-state index contributed by atoms with van der Waals surface area (Å²) < 4.78 is 17.8. The minimum absolute atomic E-state index is 0.0210. The Morgan fingerprint density at radius 3 is 2.84 bits per heavy atom. The molecule has 132 valence electrons. The summed E-state index contributed by atoms with van der Waals surface area (Å²) in [6.07, 6.45) is 1.65. The molecule has 1 aliphatic rings. The number of anilines is 1. The van der Waals surface area contributed by atoms with Crippen molar-refractivity contribution in [2.75, 3.05) is 25.6 Å². The number of benzene rings is 1. The Bertz CT molecular complexity index is 765. The van der Waals surface area contributed by atoms with E-state index in [0.29, 0.717) is 17.2 Å². The molecule has 0 bridgehead atoms. The Morgan fingerprint density at radius 1 is 1.36 bits per heavy atom. The minimum atomic E-state index is -0.414. The van der Waals surface area contributed by atoms with E-state index >= 15 is 0 Å². The monoisotopic (exact) mass is 364 g/mol. The van der Waals surface area contributed by atoms with Gasteiger partial charge in [0.1, 0.15) is 17.4 Å². The van der Waals surface area contributed by atoms with Gasteiger partial charge >= 0.3 is 0 Å². The summed E-state index contributed by atoms with van der Waals surface area (Å²) in [5, 5.41) is 11.5. The fourth-order valence-corrected chi connectivity index (χ4v) is 3.59. The Morgan fingerprint density at radius 2 is 2.12 bits per heavy atom. The Labute approximate surface area is 147 Å². The fraction of sp³-hybridized carbons (Fsp3) is 0.375. The molecule has 0 saturated carbocycles. The van der Waals surface area contributed by atoms with Gasteiger partial charge in [-0.2, -0.15) is 0 Å². The fourth-order valence-electron chi connectivity index (χ4n) is 2.71. The van der Waals surface area contributed by atoms with Crippen molar-refractivity contribution in [3.63, 3.8) is 0 Å². The van der Waals surface area contributed by atoms with Gasteiger partial charge in [0.25, 0.3) is 5.91 Å². The number of nitrogens with one attached hydrogen (secondary N) is 1. The van der Waals surface area contributed by atoms with Crippen molar-refractivity contribution in [2.45, 2.75) is 18.9 Å². The average molecular weight is 364 g/mol. The van der Waals surface area contributed by atoms with Crippen LogP contribution in [-0.2, 0) is 9.53 Å². The first kappa shape index (κ1) is 17.4.